The van der Waals surface area contributed by atoms with Crippen LogP contribution in [-0.4, -0.2) is 17.1 Å². The zero-order chi connectivity index (χ0) is 12.8. The molecule has 0 unspecified atom stereocenters. The number of hydrogen-bond donors (Lipinski definition) is 1. The van der Waals surface area contributed by atoms with Crippen LogP contribution < -0.4 is 5.32 Å². The molecule has 1 aromatic carbocycles. The van der Waals surface area contributed by atoms with Crippen molar-refractivity contribution in [3.05, 3.63) is 53.5 Å². The molecule has 18 heavy (non-hydrogen) atoms. The van der Waals surface area contributed by atoms with Gasteiger partial charge >= 0.3 is 0 Å². The molecule has 0 fully saturated rings. The number of aromatic nitrogens is 2. The van der Waals surface area contributed by atoms with Gasteiger partial charge in [0.05, 0.1) is 6.61 Å². The summed E-state index contributed by atoms with van der Waals surface area (Å²) >= 11 is 0. The number of nitrogens with one attached hydrogen (secondary N) is 1. The highest BCUT2D eigenvalue weighted by Crippen LogP contribution is 2.12. The van der Waals surface area contributed by atoms with Crippen LogP contribution in [0.3, 0.4) is 0 Å². The van der Waals surface area contributed by atoms with Crippen molar-refractivity contribution in [3.63, 3.8) is 0 Å². The molecule has 1 aromatic heterocycles. The number of rotatable bonds is 5. The van der Waals surface area contributed by atoms with E-state index in [2.05, 4.69) is 27.4 Å². The Morgan fingerprint density at radius 3 is 2.67 bits per heavy atom. The minimum absolute atomic E-state index is 0.626. The maximum Gasteiger partial charge on any atom is 0.129 e. The summed E-state index contributed by atoms with van der Waals surface area (Å²) in [6.07, 6.45) is 1.57. The van der Waals surface area contributed by atoms with Crippen LogP contribution in [0.4, 0.5) is 5.82 Å². The first-order valence-corrected chi connectivity index (χ1v) is 5.88. The van der Waals surface area contributed by atoms with E-state index < -0.39 is 0 Å². The van der Waals surface area contributed by atoms with E-state index in [1.807, 2.05) is 25.1 Å². The lowest BCUT2D eigenvalue weighted by molar-refractivity contribution is 0.184. The van der Waals surface area contributed by atoms with Gasteiger partial charge in [0.1, 0.15) is 12.1 Å². The van der Waals surface area contributed by atoms with E-state index in [0.29, 0.717) is 6.61 Å². The zero-order valence-corrected chi connectivity index (χ0v) is 10.7. The van der Waals surface area contributed by atoms with Gasteiger partial charge in [-0.15, -0.1) is 0 Å². The molecule has 0 radical (unpaired) electrons. The summed E-state index contributed by atoms with van der Waals surface area (Å²) in [5.41, 5.74) is 3.37. The first kappa shape index (κ1) is 12.5. The van der Waals surface area contributed by atoms with Crippen molar-refractivity contribution in [2.24, 2.45) is 0 Å². The summed E-state index contributed by atoms with van der Waals surface area (Å²) in [6, 6.07) is 10.1. The highest BCUT2D eigenvalue weighted by atomic mass is 16.5. The van der Waals surface area contributed by atoms with Crippen LogP contribution in [0.1, 0.15) is 16.8 Å². The average molecular weight is 243 g/mol. The Balaban J connectivity index is 2.06. The van der Waals surface area contributed by atoms with Gasteiger partial charge in [-0.2, -0.15) is 0 Å². The third-order valence-electron chi connectivity index (χ3n) is 2.68. The fourth-order valence-electron chi connectivity index (χ4n) is 1.76. The SMILES string of the molecule is COCc1ccccc1CNc1cc(C)ncn1. The standard InChI is InChI=1S/C14H17N3O/c1-11-7-14(17-10-16-11)15-8-12-5-3-4-6-13(12)9-18-2/h3-7,10H,8-9H2,1-2H3,(H,15,16,17). The molecule has 0 spiro atoms. The van der Waals surface area contributed by atoms with E-state index >= 15 is 0 Å². The molecule has 1 N–H and O–H groups in total. The molecule has 0 atom stereocenters. The van der Waals surface area contributed by atoms with Gasteiger partial charge < -0.3 is 10.1 Å². The molecule has 0 aliphatic rings. The van der Waals surface area contributed by atoms with E-state index in [9.17, 15) is 0 Å². The second-order valence-corrected chi connectivity index (χ2v) is 4.10. The number of methoxy groups -OCH3 is 1. The normalized spacial score (nSPS) is 10.3. The first-order valence-electron chi connectivity index (χ1n) is 5.88. The Hall–Kier alpha value is -1.94. The maximum atomic E-state index is 5.19. The van der Waals surface area contributed by atoms with Gasteiger partial charge in [0.2, 0.25) is 0 Å². The number of aryl methyl sites for hydroxylation is 1. The summed E-state index contributed by atoms with van der Waals surface area (Å²) < 4.78 is 5.19. The third-order valence-corrected chi connectivity index (χ3v) is 2.68. The summed E-state index contributed by atoms with van der Waals surface area (Å²) in [5, 5.41) is 3.29. The Kier molecular flexibility index (Phi) is 4.25. The molecule has 2 rings (SSSR count). The molecule has 2 aromatic rings. The molecular formula is C14H17N3O. The van der Waals surface area contributed by atoms with Crippen LogP contribution in [0.2, 0.25) is 0 Å². The highest BCUT2D eigenvalue weighted by molar-refractivity contribution is 5.37. The van der Waals surface area contributed by atoms with Crippen molar-refractivity contribution in [1.82, 2.24) is 9.97 Å². The second kappa shape index (κ2) is 6.12. The van der Waals surface area contributed by atoms with Crippen LogP contribution in [0.5, 0.6) is 0 Å². The molecule has 4 nitrogen and oxygen atoms in total. The van der Waals surface area contributed by atoms with E-state index in [1.165, 1.54) is 11.1 Å². The van der Waals surface area contributed by atoms with Gasteiger partial charge in [0.25, 0.3) is 0 Å². The predicted molar refractivity (Wildman–Crippen MR) is 71.3 cm³/mol. The quantitative estimate of drug-likeness (QED) is 0.876. The van der Waals surface area contributed by atoms with E-state index in [1.54, 1.807) is 13.4 Å². The van der Waals surface area contributed by atoms with Crippen molar-refractivity contribution in [3.8, 4) is 0 Å². The number of hydrogen-bond acceptors (Lipinski definition) is 4. The average Bonchev–Trinajstić information content (AvgIpc) is 2.38. The van der Waals surface area contributed by atoms with Gasteiger partial charge in [0.15, 0.2) is 0 Å². The smallest absolute Gasteiger partial charge is 0.129 e. The Morgan fingerprint density at radius 1 is 1.17 bits per heavy atom. The number of ether oxygens (including phenoxy) is 1. The molecule has 0 amide bonds. The lowest BCUT2D eigenvalue weighted by Gasteiger charge is -2.10. The minimum atomic E-state index is 0.626. The van der Waals surface area contributed by atoms with Gasteiger partial charge in [-0.25, -0.2) is 9.97 Å². The van der Waals surface area contributed by atoms with Gasteiger partial charge in [0, 0.05) is 25.4 Å². The van der Waals surface area contributed by atoms with E-state index in [4.69, 9.17) is 4.74 Å². The van der Waals surface area contributed by atoms with Crippen molar-refractivity contribution >= 4 is 5.82 Å². The molecule has 0 aliphatic carbocycles. The Morgan fingerprint density at radius 2 is 1.94 bits per heavy atom. The van der Waals surface area contributed by atoms with Gasteiger partial charge in [-0.3, -0.25) is 0 Å². The Bertz CT molecular complexity index is 514. The van der Waals surface area contributed by atoms with Crippen molar-refractivity contribution < 1.29 is 4.74 Å². The van der Waals surface area contributed by atoms with Crippen LogP contribution in [0.25, 0.3) is 0 Å². The lowest BCUT2D eigenvalue weighted by atomic mass is 10.1. The molecule has 4 heteroatoms. The first-order chi connectivity index (χ1) is 8.79. The zero-order valence-electron chi connectivity index (χ0n) is 10.7. The molecule has 0 bridgehead atoms. The van der Waals surface area contributed by atoms with Crippen molar-refractivity contribution in [2.75, 3.05) is 12.4 Å². The highest BCUT2D eigenvalue weighted by Gasteiger charge is 2.02. The Labute approximate surface area is 107 Å². The lowest BCUT2D eigenvalue weighted by Crippen LogP contribution is -2.05. The molecular weight excluding hydrogens is 226 g/mol. The monoisotopic (exact) mass is 243 g/mol. The third kappa shape index (κ3) is 3.28. The molecule has 0 saturated carbocycles. The number of benzene rings is 1. The summed E-state index contributed by atoms with van der Waals surface area (Å²) in [7, 11) is 1.71. The number of anilines is 1. The summed E-state index contributed by atoms with van der Waals surface area (Å²) in [5.74, 6) is 0.842. The fourth-order valence-corrected chi connectivity index (χ4v) is 1.76. The second-order valence-electron chi connectivity index (χ2n) is 4.10. The van der Waals surface area contributed by atoms with Gasteiger partial charge in [-0.05, 0) is 18.1 Å². The van der Waals surface area contributed by atoms with Crippen LogP contribution in [0, 0.1) is 6.92 Å². The van der Waals surface area contributed by atoms with Crippen molar-refractivity contribution in [1.29, 1.82) is 0 Å². The van der Waals surface area contributed by atoms with Crippen LogP contribution in [-0.2, 0) is 17.9 Å². The molecule has 0 aliphatic heterocycles. The van der Waals surface area contributed by atoms with E-state index in [-0.39, 0.29) is 0 Å². The number of nitrogens with zero attached hydrogens (tertiary/aromatic N) is 2. The summed E-state index contributed by atoms with van der Waals surface area (Å²) in [6.45, 7) is 3.31. The van der Waals surface area contributed by atoms with Gasteiger partial charge in [-0.1, -0.05) is 24.3 Å². The fraction of sp³-hybridized carbons (Fsp3) is 0.286. The largest absolute Gasteiger partial charge is 0.380 e. The minimum Gasteiger partial charge on any atom is -0.380 e. The summed E-state index contributed by atoms with van der Waals surface area (Å²) in [4.78, 5) is 8.25. The topological polar surface area (TPSA) is 47.0 Å². The van der Waals surface area contributed by atoms with Crippen LogP contribution in [0.15, 0.2) is 36.7 Å². The molecule has 0 saturated heterocycles. The predicted octanol–water partition coefficient (Wildman–Crippen LogP) is 2.54. The van der Waals surface area contributed by atoms with E-state index in [0.717, 1.165) is 18.1 Å². The molecule has 1 heterocycles. The molecule has 94 valence electrons. The van der Waals surface area contributed by atoms with Crippen molar-refractivity contribution in [2.45, 2.75) is 20.1 Å². The maximum absolute atomic E-state index is 5.19. The van der Waals surface area contributed by atoms with Crippen LogP contribution >= 0.6 is 0 Å².